The standard InChI is InChI=1S/C16H22N4O3S/c1-11-5-6-13(7-12(11)2)24(21,22)20-8-14(16(10-20)23-4)15-9-19(3)18-17-15/h5-7,9,14,16H,8,10H2,1-4H3/t14-,16+/m0/s1. The molecule has 2 atom stereocenters. The molecule has 0 spiro atoms. The van der Waals surface area contributed by atoms with Gasteiger partial charge >= 0.3 is 0 Å². The summed E-state index contributed by atoms with van der Waals surface area (Å²) in [6.45, 7) is 4.53. The highest BCUT2D eigenvalue weighted by molar-refractivity contribution is 7.89. The SMILES string of the molecule is CO[C@@H]1CN(S(=O)(=O)c2ccc(C)c(C)c2)C[C@H]1c1cn(C)nn1. The van der Waals surface area contributed by atoms with Gasteiger partial charge in [0.2, 0.25) is 10.0 Å². The van der Waals surface area contributed by atoms with Gasteiger partial charge in [0, 0.05) is 39.4 Å². The van der Waals surface area contributed by atoms with Crippen molar-refractivity contribution in [2.24, 2.45) is 7.05 Å². The molecule has 0 saturated carbocycles. The second kappa shape index (κ2) is 6.27. The minimum atomic E-state index is -3.56. The van der Waals surface area contributed by atoms with E-state index < -0.39 is 10.0 Å². The number of hydrogen-bond acceptors (Lipinski definition) is 5. The molecule has 0 bridgehead atoms. The lowest BCUT2D eigenvalue weighted by molar-refractivity contribution is 0.101. The van der Waals surface area contributed by atoms with Crippen LogP contribution in [-0.4, -0.2) is 54.0 Å². The van der Waals surface area contributed by atoms with Crippen molar-refractivity contribution in [3.63, 3.8) is 0 Å². The molecule has 0 radical (unpaired) electrons. The molecule has 0 unspecified atom stereocenters. The summed E-state index contributed by atoms with van der Waals surface area (Å²) in [5, 5.41) is 8.06. The van der Waals surface area contributed by atoms with E-state index in [1.807, 2.05) is 26.1 Å². The Morgan fingerprint density at radius 3 is 2.54 bits per heavy atom. The van der Waals surface area contributed by atoms with Gasteiger partial charge in [0.25, 0.3) is 0 Å². The molecule has 1 aliphatic rings. The van der Waals surface area contributed by atoms with Crippen LogP contribution in [0.5, 0.6) is 0 Å². The summed E-state index contributed by atoms with van der Waals surface area (Å²) >= 11 is 0. The molecule has 1 aromatic carbocycles. The molecule has 130 valence electrons. The van der Waals surface area contributed by atoms with E-state index in [0.717, 1.165) is 16.8 Å². The molecule has 3 rings (SSSR count). The summed E-state index contributed by atoms with van der Waals surface area (Å²) < 4.78 is 34.5. The van der Waals surface area contributed by atoms with E-state index in [-0.39, 0.29) is 12.0 Å². The van der Waals surface area contributed by atoms with Gasteiger partial charge in [-0.15, -0.1) is 5.10 Å². The second-order valence-corrected chi connectivity index (χ2v) is 8.20. The molecule has 2 aromatic rings. The molecule has 1 aromatic heterocycles. The van der Waals surface area contributed by atoms with Crippen molar-refractivity contribution < 1.29 is 13.2 Å². The fraction of sp³-hybridized carbons (Fsp3) is 0.500. The number of benzene rings is 1. The van der Waals surface area contributed by atoms with Crippen LogP contribution in [0.2, 0.25) is 0 Å². The van der Waals surface area contributed by atoms with Crippen molar-refractivity contribution in [1.82, 2.24) is 19.3 Å². The number of rotatable bonds is 4. The van der Waals surface area contributed by atoms with E-state index in [0.29, 0.717) is 18.0 Å². The number of hydrogen-bond donors (Lipinski definition) is 0. The molecule has 1 aliphatic heterocycles. The molecule has 24 heavy (non-hydrogen) atoms. The van der Waals surface area contributed by atoms with E-state index in [4.69, 9.17) is 4.74 Å². The van der Waals surface area contributed by atoms with Gasteiger partial charge in [-0.25, -0.2) is 8.42 Å². The van der Waals surface area contributed by atoms with Crippen LogP contribution in [0.3, 0.4) is 0 Å². The van der Waals surface area contributed by atoms with Crippen LogP contribution in [-0.2, 0) is 21.8 Å². The van der Waals surface area contributed by atoms with E-state index in [2.05, 4.69) is 10.3 Å². The highest BCUT2D eigenvalue weighted by Crippen LogP contribution is 2.32. The number of ether oxygens (including phenoxy) is 1. The number of aromatic nitrogens is 3. The lowest BCUT2D eigenvalue weighted by atomic mass is 10.0. The maximum Gasteiger partial charge on any atom is 0.243 e. The van der Waals surface area contributed by atoms with E-state index in [1.54, 1.807) is 31.0 Å². The van der Waals surface area contributed by atoms with E-state index in [9.17, 15) is 8.42 Å². The third-order valence-corrected chi connectivity index (χ3v) is 6.48. The fourth-order valence-electron chi connectivity index (χ4n) is 3.02. The van der Waals surface area contributed by atoms with Crippen molar-refractivity contribution in [2.45, 2.75) is 30.8 Å². The Balaban J connectivity index is 1.90. The number of aryl methyl sites for hydroxylation is 3. The van der Waals surface area contributed by atoms with Crippen molar-refractivity contribution in [3.8, 4) is 0 Å². The molecular formula is C16H22N4O3S. The van der Waals surface area contributed by atoms with Crippen LogP contribution in [0.4, 0.5) is 0 Å². The molecule has 0 N–H and O–H groups in total. The van der Waals surface area contributed by atoms with Crippen molar-refractivity contribution in [1.29, 1.82) is 0 Å². The molecule has 8 heteroatoms. The molecule has 0 amide bonds. The summed E-state index contributed by atoms with van der Waals surface area (Å²) in [6.07, 6.45) is 1.58. The van der Waals surface area contributed by atoms with Crippen LogP contribution in [0, 0.1) is 13.8 Å². The third-order valence-electron chi connectivity index (χ3n) is 4.65. The maximum atomic E-state index is 13.0. The Labute approximate surface area is 142 Å². The smallest absolute Gasteiger partial charge is 0.243 e. The van der Waals surface area contributed by atoms with Gasteiger partial charge in [0.05, 0.1) is 16.7 Å². The molecule has 7 nitrogen and oxygen atoms in total. The van der Waals surface area contributed by atoms with Crippen LogP contribution >= 0.6 is 0 Å². The molecular weight excluding hydrogens is 328 g/mol. The fourth-order valence-corrected chi connectivity index (χ4v) is 4.58. The average molecular weight is 350 g/mol. The van der Waals surface area contributed by atoms with Gasteiger partial charge in [-0.2, -0.15) is 4.31 Å². The Hall–Kier alpha value is -1.77. The largest absolute Gasteiger partial charge is 0.379 e. The van der Waals surface area contributed by atoms with Gasteiger partial charge in [0.15, 0.2) is 0 Å². The zero-order valence-electron chi connectivity index (χ0n) is 14.3. The van der Waals surface area contributed by atoms with Crippen molar-refractivity contribution in [2.75, 3.05) is 20.2 Å². The molecule has 1 saturated heterocycles. The van der Waals surface area contributed by atoms with Crippen LogP contribution < -0.4 is 0 Å². The first-order chi connectivity index (χ1) is 11.3. The maximum absolute atomic E-state index is 13.0. The zero-order chi connectivity index (χ0) is 17.5. The monoisotopic (exact) mass is 350 g/mol. The van der Waals surface area contributed by atoms with Gasteiger partial charge in [-0.05, 0) is 37.1 Å². The molecule has 1 fully saturated rings. The Bertz CT molecular complexity index is 847. The van der Waals surface area contributed by atoms with Crippen LogP contribution in [0.15, 0.2) is 29.3 Å². The zero-order valence-corrected chi connectivity index (χ0v) is 15.1. The summed E-state index contributed by atoms with van der Waals surface area (Å²) in [6, 6.07) is 5.23. The van der Waals surface area contributed by atoms with Gasteiger partial charge in [-0.1, -0.05) is 11.3 Å². The quantitative estimate of drug-likeness (QED) is 0.829. The first kappa shape index (κ1) is 17.1. The average Bonchev–Trinajstić information content (AvgIpc) is 3.15. The van der Waals surface area contributed by atoms with Gasteiger partial charge in [0.1, 0.15) is 0 Å². The van der Waals surface area contributed by atoms with E-state index >= 15 is 0 Å². The first-order valence-electron chi connectivity index (χ1n) is 7.79. The summed E-state index contributed by atoms with van der Waals surface area (Å²) in [7, 11) is -0.171. The van der Waals surface area contributed by atoms with Crippen molar-refractivity contribution >= 4 is 10.0 Å². The molecule has 0 aliphatic carbocycles. The number of methoxy groups -OCH3 is 1. The third kappa shape index (κ3) is 2.97. The highest BCUT2D eigenvalue weighted by Gasteiger charge is 2.41. The van der Waals surface area contributed by atoms with Crippen molar-refractivity contribution in [3.05, 3.63) is 41.2 Å². The topological polar surface area (TPSA) is 77.3 Å². The second-order valence-electron chi connectivity index (χ2n) is 6.27. The number of nitrogens with zero attached hydrogens (tertiary/aromatic N) is 4. The summed E-state index contributed by atoms with van der Waals surface area (Å²) in [4.78, 5) is 0.320. The Morgan fingerprint density at radius 2 is 1.96 bits per heavy atom. The lowest BCUT2D eigenvalue weighted by Gasteiger charge is -2.17. The summed E-state index contributed by atoms with van der Waals surface area (Å²) in [5.74, 6) is -0.120. The minimum Gasteiger partial charge on any atom is -0.379 e. The molecule has 2 heterocycles. The highest BCUT2D eigenvalue weighted by atomic mass is 32.2. The minimum absolute atomic E-state index is 0.120. The van der Waals surface area contributed by atoms with Crippen LogP contribution in [0.1, 0.15) is 22.7 Å². The van der Waals surface area contributed by atoms with Gasteiger partial charge < -0.3 is 4.74 Å². The number of sulfonamides is 1. The Kier molecular flexibility index (Phi) is 4.46. The van der Waals surface area contributed by atoms with E-state index in [1.165, 1.54) is 4.31 Å². The van der Waals surface area contributed by atoms with Gasteiger partial charge in [-0.3, -0.25) is 4.68 Å². The lowest BCUT2D eigenvalue weighted by Crippen LogP contribution is -2.30. The predicted molar refractivity (Wildman–Crippen MR) is 89.2 cm³/mol. The summed E-state index contributed by atoms with van der Waals surface area (Å²) in [5.41, 5.74) is 2.79. The first-order valence-corrected chi connectivity index (χ1v) is 9.23. The van der Waals surface area contributed by atoms with Crippen LogP contribution in [0.25, 0.3) is 0 Å². The Morgan fingerprint density at radius 1 is 1.21 bits per heavy atom. The normalized spacial score (nSPS) is 22.2. The predicted octanol–water partition coefficient (Wildman–Crippen LogP) is 1.24.